The summed E-state index contributed by atoms with van der Waals surface area (Å²) >= 11 is 0. The molecule has 3 heterocycles. The van der Waals surface area contributed by atoms with Gasteiger partial charge in [0.15, 0.2) is 0 Å². The summed E-state index contributed by atoms with van der Waals surface area (Å²) in [5.41, 5.74) is 6.34. The lowest BCUT2D eigenvalue weighted by molar-refractivity contribution is -0.387. The molecular weight excluding hydrogens is 483 g/mol. The van der Waals surface area contributed by atoms with Crippen molar-refractivity contribution in [3.8, 4) is 0 Å². The van der Waals surface area contributed by atoms with Crippen LogP contribution in [0.1, 0.15) is 49.1 Å². The van der Waals surface area contributed by atoms with E-state index in [4.69, 9.17) is 4.99 Å². The molecule has 9 heteroatoms. The number of halogens is 1. The highest BCUT2D eigenvalue weighted by Gasteiger charge is 2.23. The fourth-order valence-corrected chi connectivity index (χ4v) is 5.05. The lowest BCUT2D eigenvalue weighted by Crippen LogP contribution is -2.09. The van der Waals surface area contributed by atoms with E-state index in [-0.39, 0.29) is 0 Å². The van der Waals surface area contributed by atoms with Crippen LogP contribution in [-0.4, -0.2) is 25.4 Å². The highest BCUT2D eigenvalue weighted by molar-refractivity contribution is 6.35. The van der Waals surface area contributed by atoms with Gasteiger partial charge < -0.3 is 9.88 Å². The first kappa shape index (κ1) is 25.1. The number of aryl methyl sites for hydroxylation is 3. The molecule has 2 aromatic heterocycles. The maximum absolute atomic E-state index is 14.2. The van der Waals surface area contributed by atoms with Crippen LogP contribution in [0, 0.1) is 22.9 Å². The van der Waals surface area contributed by atoms with Crippen LogP contribution < -0.4 is 5.32 Å². The van der Waals surface area contributed by atoms with Crippen LogP contribution in [0.5, 0.6) is 0 Å². The zero-order valence-corrected chi connectivity index (χ0v) is 21.6. The van der Waals surface area contributed by atoms with E-state index in [0.717, 1.165) is 47.3 Å². The molecule has 0 radical (unpaired) electrons. The van der Waals surface area contributed by atoms with Crippen molar-refractivity contribution in [1.29, 1.82) is 0 Å². The first-order valence-electron chi connectivity index (χ1n) is 12.7. The third-order valence-electron chi connectivity index (χ3n) is 6.80. The number of rotatable bonds is 8. The van der Waals surface area contributed by atoms with Gasteiger partial charge in [0.05, 0.1) is 21.8 Å². The molecule has 4 aromatic rings. The molecule has 5 rings (SSSR count). The van der Waals surface area contributed by atoms with Gasteiger partial charge in [-0.2, -0.15) is 9.49 Å². The number of nitro groups is 1. The van der Waals surface area contributed by atoms with E-state index in [1.807, 2.05) is 32.1 Å². The molecule has 2 N–H and O–H groups in total. The van der Waals surface area contributed by atoms with Crippen LogP contribution in [-0.2, 0) is 13.0 Å². The second-order valence-electron chi connectivity index (χ2n) is 9.28. The Bertz CT molecular complexity index is 1610. The van der Waals surface area contributed by atoms with Gasteiger partial charge in [-0.1, -0.05) is 31.2 Å². The van der Waals surface area contributed by atoms with E-state index in [0.29, 0.717) is 23.5 Å². The molecule has 1 aliphatic heterocycles. The Hall–Kier alpha value is -4.53. The Morgan fingerprint density at radius 2 is 2.18 bits per heavy atom. The number of allylic oxidation sites excluding steroid dienone is 3. The summed E-state index contributed by atoms with van der Waals surface area (Å²) in [5, 5.41) is 22.9. The minimum atomic E-state index is -0.868. The normalized spacial score (nSPS) is 14.3. The molecule has 38 heavy (non-hydrogen) atoms. The second kappa shape index (κ2) is 10.5. The maximum atomic E-state index is 14.2. The highest BCUT2D eigenvalue weighted by atomic mass is 19.1. The van der Waals surface area contributed by atoms with Gasteiger partial charge in [-0.25, -0.2) is 4.99 Å². The molecule has 0 saturated carbocycles. The van der Waals surface area contributed by atoms with E-state index in [1.54, 1.807) is 13.1 Å². The number of aromatic nitrogens is 3. The van der Waals surface area contributed by atoms with Crippen molar-refractivity contribution in [1.82, 2.24) is 14.8 Å². The number of hydrogen-bond donors (Lipinski definition) is 2. The van der Waals surface area contributed by atoms with E-state index in [2.05, 4.69) is 44.5 Å². The Kier molecular flexibility index (Phi) is 6.91. The Morgan fingerprint density at radius 3 is 2.89 bits per heavy atom. The Morgan fingerprint density at radius 1 is 1.34 bits per heavy atom. The number of para-hydroxylation sites is 1. The fraction of sp³-hybridized carbons (Fsp3) is 0.241. The number of anilines is 1. The lowest BCUT2D eigenvalue weighted by atomic mass is 9.97. The van der Waals surface area contributed by atoms with Crippen LogP contribution in [0.25, 0.3) is 16.5 Å². The molecule has 2 aromatic carbocycles. The topological polar surface area (TPSA) is 101 Å². The molecule has 0 spiro atoms. The molecular formula is C29H29FN6O2. The number of benzene rings is 2. The van der Waals surface area contributed by atoms with Crippen molar-refractivity contribution in [2.24, 2.45) is 4.99 Å². The molecule has 8 nitrogen and oxygen atoms in total. The van der Waals surface area contributed by atoms with Crippen LogP contribution >= 0.6 is 0 Å². The van der Waals surface area contributed by atoms with Gasteiger partial charge in [-0.15, -0.1) is 0 Å². The minimum Gasteiger partial charge on any atom is -0.347 e. The van der Waals surface area contributed by atoms with Crippen LogP contribution in [0.15, 0.2) is 71.8 Å². The second-order valence-corrected chi connectivity index (χ2v) is 9.28. The smallest absolute Gasteiger partial charge is 0.306 e. The van der Waals surface area contributed by atoms with Crippen LogP contribution in [0.3, 0.4) is 0 Å². The lowest BCUT2D eigenvalue weighted by Gasteiger charge is -2.15. The molecule has 0 saturated heterocycles. The zero-order valence-electron chi connectivity index (χ0n) is 21.6. The van der Waals surface area contributed by atoms with E-state index in [1.165, 1.54) is 23.2 Å². The van der Waals surface area contributed by atoms with E-state index < -0.39 is 16.4 Å². The minimum absolute atomic E-state index is 0.423. The van der Waals surface area contributed by atoms with Crippen molar-refractivity contribution >= 4 is 33.6 Å². The summed E-state index contributed by atoms with van der Waals surface area (Å²) in [4.78, 5) is 15.8. The van der Waals surface area contributed by atoms with E-state index in [9.17, 15) is 14.5 Å². The average Bonchev–Trinajstić information content (AvgIpc) is 3.55. The third-order valence-corrected chi connectivity index (χ3v) is 6.80. The summed E-state index contributed by atoms with van der Waals surface area (Å²) < 4.78 is 16.5. The number of H-pyrrole nitrogens is 1. The van der Waals surface area contributed by atoms with Gasteiger partial charge >= 0.3 is 5.69 Å². The molecule has 0 amide bonds. The van der Waals surface area contributed by atoms with Crippen molar-refractivity contribution in [2.75, 3.05) is 5.32 Å². The number of nitrogens with one attached hydrogen (secondary N) is 2. The average molecular weight is 513 g/mol. The molecule has 0 bridgehead atoms. The first-order valence-corrected chi connectivity index (χ1v) is 12.7. The van der Waals surface area contributed by atoms with Gasteiger partial charge in [0.1, 0.15) is 5.82 Å². The molecule has 0 aliphatic carbocycles. The molecule has 0 unspecified atom stereocenters. The predicted molar refractivity (Wildman–Crippen MR) is 149 cm³/mol. The third kappa shape index (κ3) is 4.63. The monoisotopic (exact) mass is 512 g/mol. The number of nitrogens with zero attached hydrogens (tertiary/aromatic N) is 4. The number of aromatic amines is 1. The van der Waals surface area contributed by atoms with Gasteiger partial charge in [0, 0.05) is 47.2 Å². The summed E-state index contributed by atoms with van der Waals surface area (Å²) in [6.45, 7) is 6.59. The zero-order chi connectivity index (χ0) is 26.8. The molecule has 0 fully saturated rings. The van der Waals surface area contributed by atoms with Crippen molar-refractivity contribution in [2.45, 2.75) is 46.6 Å². The maximum Gasteiger partial charge on any atom is 0.306 e. The molecule has 194 valence electrons. The van der Waals surface area contributed by atoms with Gasteiger partial charge in [-0.05, 0) is 62.4 Å². The van der Waals surface area contributed by atoms with Crippen LogP contribution in [0.2, 0.25) is 0 Å². The molecule has 1 aliphatic rings. The van der Waals surface area contributed by atoms with E-state index >= 15 is 0 Å². The summed E-state index contributed by atoms with van der Waals surface area (Å²) in [7, 11) is 0. The number of hydrogen-bond acceptors (Lipinski definition) is 5. The van der Waals surface area contributed by atoms with Crippen LogP contribution in [0.4, 0.5) is 15.8 Å². The number of nitro benzene ring substituents is 1. The van der Waals surface area contributed by atoms with Crippen molar-refractivity contribution in [3.05, 3.63) is 105 Å². The SMILES string of the molecule is C\C=C(/C(=N/C(=C/CC)Nc1cc([N+](=O)[O-])c(F)cc1C)c1cn2c3c(cccc13)CCC2)c1ccn[nH]1. The van der Waals surface area contributed by atoms with Crippen molar-refractivity contribution in [3.63, 3.8) is 0 Å². The summed E-state index contributed by atoms with van der Waals surface area (Å²) in [6, 6.07) is 10.7. The first-order chi connectivity index (χ1) is 18.4. The quantitative estimate of drug-likeness (QED) is 0.152. The van der Waals surface area contributed by atoms with Gasteiger partial charge in [-0.3, -0.25) is 15.2 Å². The standard InChI is InChI=1S/C29H29FN6O2/c1-4-8-27(32-25-16-26(36(37)38)23(30)15-18(25)3)33-28(20(5-2)24-12-13-31-34-24)22-17-35-14-7-10-19-9-6-11-21(22)29(19)35/h5-6,8-9,11-13,15-17,32H,4,7,10,14H2,1-3H3,(H,31,34)/b20-5-,27-8+,33-28-. The highest BCUT2D eigenvalue weighted by Crippen LogP contribution is 2.33. The number of aliphatic imine (C=N–C) groups is 1. The van der Waals surface area contributed by atoms with Gasteiger partial charge in [0.2, 0.25) is 5.82 Å². The predicted octanol–water partition coefficient (Wildman–Crippen LogP) is 6.92. The fourth-order valence-electron chi connectivity index (χ4n) is 5.05. The molecule has 0 atom stereocenters. The Balaban J connectivity index is 1.69. The van der Waals surface area contributed by atoms with Crippen molar-refractivity contribution < 1.29 is 9.31 Å². The van der Waals surface area contributed by atoms with Gasteiger partial charge in [0.25, 0.3) is 0 Å². The summed E-state index contributed by atoms with van der Waals surface area (Å²) in [5.74, 6) is -0.356. The Labute approximate surface area is 219 Å². The summed E-state index contributed by atoms with van der Waals surface area (Å²) in [6.07, 6.45) is 10.6. The largest absolute Gasteiger partial charge is 0.347 e.